The fourth-order valence-electron chi connectivity index (χ4n) is 2.68. The third-order valence-electron chi connectivity index (χ3n) is 4.01. The minimum Gasteiger partial charge on any atom is -0.385 e. The van der Waals surface area contributed by atoms with Crippen LogP contribution in [-0.2, 0) is 12.8 Å². The zero-order chi connectivity index (χ0) is 18.5. The van der Waals surface area contributed by atoms with E-state index >= 15 is 0 Å². The summed E-state index contributed by atoms with van der Waals surface area (Å²) < 4.78 is 10.4. The Hall–Kier alpha value is -2.95. The first kappa shape index (κ1) is 17.9. The summed E-state index contributed by atoms with van der Waals surface area (Å²) in [5.41, 5.74) is 3.58. The van der Waals surface area contributed by atoms with Crippen LogP contribution >= 0.6 is 0 Å². The summed E-state index contributed by atoms with van der Waals surface area (Å²) in [4.78, 5) is 16.4. The molecule has 0 unspecified atom stereocenters. The maximum atomic E-state index is 12.2. The van der Waals surface area contributed by atoms with Gasteiger partial charge in [0, 0.05) is 5.56 Å². The molecule has 134 valence electrons. The van der Waals surface area contributed by atoms with Crippen molar-refractivity contribution >= 4 is 5.97 Å². The van der Waals surface area contributed by atoms with Crippen molar-refractivity contribution in [2.45, 2.75) is 33.6 Å². The molecule has 0 amide bonds. The van der Waals surface area contributed by atoms with Gasteiger partial charge in [-0.15, -0.1) is 0 Å². The average molecular weight is 350 g/mol. The lowest BCUT2D eigenvalue weighted by Gasteiger charge is -2.04. The van der Waals surface area contributed by atoms with Crippen LogP contribution in [0.3, 0.4) is 0 Å². The molecule has 3 aromatic rings. The van der Waals surface area contributed by atoms with Gasteiger partial charge in [0.1, 0.15) is 0 Å². The molecular formula is C21H22N2O3. The SMILES string of the molecule is CCc1cccc(C(=O)Oc2noc(-c3ccc(CC(C)C)cc3)n2)c1. The number of ether oxygens (including phenoxy) is 1. The Morgan fingerprint density at radius 2 is 1.88 bits per heavy atom. The molecule has 1 heterocycles. The van der Waals surface area contributed by atoms with Crippen molar-refractivity contribution in [2.75, 3.05) is 0 Å². The van der Waals surface area contributed by atoms with Gasteiger partial charge in [-0.1, -0.05) is 45.0 Å². The van der Waals surface area contributed by atoms with E-state index in [1.165, 1.54) is 5.56 Å². The van der Waals surface area contributed by atoms with Gasteiger partial charge >= 0.3 is 12.0 Å². The van der Waals surface area contributed by atoms with Crippen LogP contribution in [0.2, 0.25) is 0 Å². The molecule has 1 aromatic heterocycles. The standard InChI is InChI=1S/C21H22N2O3/c1-4-15-6-5-7-18(13-15)20(24)25-21-22-19(26-23-21)17-10-8-16(9-11-17)12-14(2)3/h5-11,13-14H,4,12H2,1-3H3. The van der Waals surface area contributed by atoms with E-state index in [9.17, 15) is 4.79 Å². The Balaban J connectivity index is 1.70. The summed E-state index contributed by atoms with van der Waals surface area (Å²) in [6.45, 7) is 6.40. The van der Waals surface area contributed by atoms with Crippen molar-refractivity contribution in [3.05, 3.63) is 65.2 Å². The summed E-state index contributed by atoms with van der Waals surface area (Å²) >= 11 is 0. The normalized spacial score (nSPS) is 10.9. The molecule has 26 heavy (non-hydrogen) atoms. The third-order valence-corrected chi connectivity index (χ3v) is 4.01. The Kier molecular flexibility index (Phi) is 5.46. The number of aryl methyl sites for hydroxylation is 1. The monoisotopic (exact) mass is 350 g/mol. The lowest BCUT2D eigenvalue weighted by molar-refractivity contribution is 0.0714. The van der Waals surface area contributed by atoms with Gasteiger partial charge < -0.3 is 9.26 Å². The molecule has 0 aliphatic rings. The van der Waals surface area contributed by atoms with Crippen molar-refractivity contribution in [1.82, 2.24) is 10.1 Å². The molecule has 3 rings (SSSR count). The first-order chi connectivity index (χ1) is 12.5. The molecule has 0 saturated carbocycles. The lowest BCUT2D eigenvalue weighted by Crippen LogP contribution is -2.09. The molecule has 0 spiro atoms. The Morgan fingerprint density at radius 1 is 1.12 bits per heavy atom. The molecule has 5 heteroatoms. The van der Waals surface area contributed by atoms with Crippen LogP contribution in [0.5, 0.6) is 6.01 Å². The van der Waals surface area contributed by atoms with Crippen LogP contribution < -0.4 is 4.74 Å². The summed E-state index contributed by atoms with van der Waals surface area (Å²) in [7, 11) is 0. The molecule has 0 radical (unpaired) electrons. The fraction of sp³-hybridized carbons (Fsp3) is 0.286. The second-order valence-corrected chi connectivity index (χ2v) is 6.62. The van der Waals surface area contributed by atoms with E-state index in [2.05, 4.69) is 24.0 Å². The number of esters is 1. The average Bonchev–Trinajstić information content (AvgIpc) is 3.10. The Bertz CT molecular complexity index is 882. The maximum Gasteiger partial charge on any atom is 0.362 e. The van der Waals surface area contributed by atoms with Crippen LogP contribution in [-0.4, -0.2) is 16.1 Å². The largest absolute Gasteiger partial charge is 0.385 e. The second-order valence-electron chi connectivity index (χ2n) is 6.62. The number of benzene rings is 2. The number of carbonyl (C=O) groups is 1. The van der Waals surface area contributed by atoms with E-state index in [0.29, 0.717) is 17.4 Å². The molecule has 0 fully saturated rings. The summed E-state index contributed by atoms with van der Waals surface area (Å²) in [5, 5.41) is 3.74. The highest BCUT2D eigenvalue weighted by Gasteiger charge is 2.15. The van der Waals surface area contributed by atoms with Crippen molar-refractivity contribution in [2.24, 2.45) is 5.92 Å². The van der Waals surface area contributed by atoms with E-state index in [1.54, 1.807) is 12.1 Å². The van der Waals surface area contributed by atoms with E-state index in [1.807, 2.05) is 43.3 Å². The number of hydrogen-bond acceptors (Lipinski definition) is 5. The van der Waals surface area contributed by atoms with Gasteiger partial charge in [-0.3, -0.25) is 0 Å². The molecule has 0 bridgehead atoms. The van der Waals surface area contributed by atoms with Gasteiger partial charge in [0.2, 0.25) is 0 Å². The van der Waals surface area contributed by atoms with Crippen LogP contribution in [0.4, 0.5) is 0 Å². The number of hydrogen-bond donors (Lipinski definition) is 0. The molecule has 0 atom stereocenters. The Labute approximate surface area is 153 Å². The minimum atomic E-state index is -0.500. The number of rotatable bonds is 6. The van der Waals surface area contributed by atoms with Gasteiger partial charge in [0.25, 0.3) is 5.89 Å². The van der Waals surface area contributed by atoms with Crippen molar-refractivity contribution in [3.8, 4) is 17.5 Å². The molecular weight excluding hydrogens is 328 g/mol. The van der Waals surface area contributed by atoms with E-state index < -0.39 is 5.97 Å². The van der Waals surface area contributed by atoms with Gasteiger partial charge in [0.05, 0.1) is 5.56 Å². The molecule has 0 saturated heterocycles. The number of carbonyl (C=O) groups excluding carboxylic acids is 1. The van der Waals surface area contributed by atoms with E-state index in [-0.39, 0.29) is 6.01 Å². The highest BCUT2D eigenvalue weighted by molar-refractivity contribution is 5.90. The lowest BCUT2D eigenvalue weighted by atomic mass is 10.0. The first-order valence-corrected chi connectivity index (χ1v) is 8.79. The number of nitrogens with zero attached hydrogens (tertiary/aromatic N) is 2. The van der Waals surface area contributed by atoms with Crippen molar-refractivity contribution in [1.29, 1.82) is 0 Å². The smallest absolute Gasteiger partial charge is 0.362 e. The highest BCUT2D eigenvalue weighted by atomic mass is 16.6. The van der Waals surface area contributed by atoms with Gasteiger partial charge in [0.15, 0.2) is 0 Å². The quantitative estimate of drug-likeness (QED) is 0.602. The maximum absolute atomic E-state index is 12.2. The second kappa shape index (κ2) is 7.95. The van der Waals surface area contributed by atoms with Gasteiger partial charge in [-0.05, 0) is 59.3 Å². The zero-order valence-corrected chi connectivity index (χ0v) is 15.2. The Morgan fingerprint density at radius 3 is 2.58 bits per heavy atom. The van der Waals surface area contributed by atoms with Crippen molar-refractivity contribution in [3.63, 3.8) is 0 Å². The third kappa shape index (κ3) is 4.36. The van der Waals surface area contributed by atoms with Crippen LogP contribution in [0.25, 0.3) is 11.5 Å². The molecule has 2 aromatic carbocycles. The van der Waals surface area contributed by atoms with Crippen LogP contribution in [0.1, 0.15) is 42.3 Å². The zero-order valence-electron chi connectivity index (χ0n) is 15.2. The predicted molar refractivity (Wildman–Crippen MR) is 99.1 cm³/mol. The van der Waals surface area contributed by atoms with Gasteiger partial charge in [-0.25, -0.2) is 4.79 Å². The summed E-state index contributed by atoms with van der Waals surface area (Å²) in [6, 6.07) is 15.2. The fourth-order valence-corrected chi connectivity index (χ4v) is 2.68. The van der Waals surface area contributed by atoms with Gasteiger partial charge in [-0.2, -0.15) is 4.98 Å². The topological polar surface area (TPSA) is 65.2 Å². The van der Waals surface area contributed by atoms with Crippen molar-refractivity contribution < 1.29 is 14.1 Å². The molecule has 0 aliphatic heterocycles. The molecule has 0 N–H and O–H groups in total. The van der Waals surface area contributed by atoms with Crippen LogP contribution in [0.15, 0.2) is 53.1 Å². The number of aromatic nitrogens is 2. The van der Waals surface area contributed by atoms with E-state index in [0.717, 1.165) is 24.0 Å². The van der Waals surface area contributed by atoms with Crippen LogP contribution in [0, 0.1) is 5.92 Å². The minimum absolute atomic E-state index is 0.0850. The first-order valence-electron chi connectivity index (χ1n) is 8.79. The highest BCUT2D eigenvalue weighted by Crippen LogP contribution is 2.21. The predicted octanol–water partition coefficient (Wildman–Crippen LogP) is 4.72. The van der Waals surface area contributed by atoms with E-state index in [4.69, 9.17) is 9.26 Å². The molecule has 0 aliphatic carbocycles. The molecule has 5 nitrogen and oxygen atoms in total. The summed E-state index contributed by atoms with van der Waals surface area (Å²) in [6.07, 6.45) is 1.87. The summed E-state index contributed by atoms with van der Waals surface area (Å²) in [5.74, 6) is 0.424.